The number of rotatable bonds is 5. The molecule has 8 nitrogen and oxygen atoms in total. The van der Waals surface area contributed by atoms with E-state index in [2.05, 4.69) is 24.5 Å². The van der Waals surface area contributed by atoms with Crippen LogP contribution >= 0.6 is 0 Å². The molecule has 0 aliphatic carbocycles. The number of benzene rings is 2. The van der Waals surface area contributed by atoms with Crippen molar-refractivity contribution >= 4 is 33.2 Å². The minimum atomic E-state index is -3.75. The van der Waals surface area contributed by atoms with Gasteiger partial charge in [0.15, 0.2) is 6.10 Å². The first kappa shape index (κ1) is 23.3. The summed E-state index contributed by atoms with van der Waals surface area (Å²) >= 11 is 0. The Kier molecular flexibility index (Phi) is 6.45. The van der Waals surface area contributed by atoms with Crippen LogP contribution in [-0.2, 0) is 19.6 Å². The van der Waals surface area contributed by atoms with E-state index in [9.17, 15) is 18.0 Å². The lowest BCUT2D eigenvalue weighted by Gasteiger charge is -2.31. The first-order chi connectivity index (χ1) is 15.6. The molecule has 0 spiro atoms. The normalized spacial score (nSPS) is 19.5. The fourth-order valence-corrected chi connectivity index (χ4v) is 5.55. The largest absolute Gasteiger partial charge is 0.479 e. The minimum Gasteiger partial charge on any atom is -0.479 e. The first-order valence-corrected chi connectivity index (χ1v) is 12.6. The van der Waals surface area contributed by atoms with Crippen molar-refractivity contribution in [1.29, 1.82) is 0 Å². The predicted octanol–water partition coefficient (Wildman–Crippen LogP) is 3.57. The highest BCUT2D eigenvalue weighted by atomic mass is 32.2. The predicted molar refractivity (Wildman–Crippen MR) is 126 cm³/mol. The molecule has 0 aromatic heterocycles. The number of fused-ring (bicyclic) bond motifs is 1. The second-order valence-electron chi connectivity index (χ2n) is 8.85. The zero-order valence-electron chi connectivity index (χ0n) is 19.0. The van der Waals surface area contributed by atoms with Crippen LogP contribution in [0, 0.1) is 5.92 Å². The number of piperidine rings is 1. The molecule has 4 rings (SSSR count). The van der Waals surface area contributed by atoms with E-state index in [0.717, 1.165) is 5.69 Å². The van der Waals surface area contributed by atoms with Crippen molar-refractivity contribution < 1.29 is 22.7 Å². The number of carbonyl (C=O) groups excluding carboxylic acids is 2. The molecule has 33 heavy (non-hydrogen) atoms. The van der Waals surface area contributed by atoms with Crippen molar-refractivity contribution in [3.8, 4) is 5.75 Å². The maximum atomic E-state index is 13.1. The average Bonchev–Trinajstić information content (AvgIpc) is 2.80. The summed E-state index contributed by atoms with van der Waals surface area (Å²) in [4.78, 5) is 24.7. The van der Waals surface area contributed by atoms with Crippen LogP contribution in [0.4, 0.5) is 11.4 Å². The Morgan fingerprint density at radius 1 is 1.12 bits per heavy atom. The molecule has 0 bridgehead atoms. The molecule has 1 fully saturated rings. The molecule has 2 amide bonds. The lowest BCUT2D eigenvalue weighted by molar-refractivity contribution is -0.123. The summed E-state index contributed by atoms with van der Waals surface area (Å²) in [6, 6.07) is 12.3. The van der Waals surface area contributed by atoms with Crippen LogP contribution in [0.25, 0.3) is 0 Å². The van der Waals surface area contributed by atoms with E-state index in [1.165, 1.54) is 22.0 Å². The van der Waals surface area contributed by atoms with Crippen molar-refractivity contribution in [2.24, 2.45) is 5.92 Å². The number of anilines is 2. The number of carbonyl (C=O) groups is 2. The van der Waals surface area contributed by atoms with E-state index < -0.39 is 16.1 Å². The van der Waals surface area contributed by atoms with E-state index in [1.807, 2.05) is 24.3 Å². The zero-order chi connectivity index (χ0) is 23.8. The van der Waals surface area contributed by atoms with Gasteiger partial charge in [-0.2, -0.15) is 4.31 Å². The zero-order valence-corrected chi connectivity index (χ0v) is 19.8. The molecule has 2 N–H and O–H groups in total. The van der Waals surface area contributed by atoms with E-state index in [0.29, 0.717) is 30.2 Å². The van der Waals surface area contributed by atoms with Gasteiger partial charge in [0.2, 0.25) is 15.9 Å². The van der Waals surface area contributed by atoms with E-state index in [4.69, 9.17) is 4.74 Å². The quantitative estimate of drug-likeness (QED) is 0.694. The van der Waals surface area contributed by atoms with Crippen molar-refractivity contribution in [1.82, 2.24) is 4.31 Å². The molecule has 9 heteroatoms. The van der Waals surface area contributed by atoms with Gasteiger partial charge in [-0.3, -0.25) is 9.59 Å². The van der Waals surface area contributed by atoms with Crippen molar-refractivity contribution in [2.75, 3.05) is 23.7 Å². The highest BCUT2D eigenvalue weighted by Crippen LogP contribution is 2.33. The number of nitrogens with one attached hydrogen (secondary N) is 2. The summed E-state index contributed by atoms with van der Waals surface area (Å²) in [5, 5.41) is 5.62. The number of sulfonamides is 1. The molecule has 0 radical (unpaired) electrons. The number of amides is 2. The molecule has 0 saturated carbocycles. The van der Waals surface area contributed by atoms with Crippen LogP contribution in [0.5, 0.6) is 5.75 Å². The first-order valence-electron chi connectivity index (χ1n) is 11.2. The lowest BCUT2D eigenvalue weighted by atomic mass is 9.97. The Labute approximate surface area is 194 Å². The Bertz CT molecular complexity index is 1150. The molecule has 1 saturated heterocycles. The molecule has 2 aromatic rings. The van der Waals surface area contributed by atoms with Gasteiger partial charge in [-0.1, -0.05) is 26.0 Å². The molecule has 2 heterocycles. The van der Waals surface area contributed by atoms with Crippen molar-refractivity contribution in [2.45, 2.75) is 50.5 Å². The minimum absolute atomic E-state index is 0.0906. The number of hydrogen-bond donors (Lipinski definition) is 2. The Morgan fingerprint density at radius 3 is 2.42 bits per heavy atom. The lowest BCUT2D eigenvalue weighted by Crippen LogP contribution is -2.41. The Morgan fingerprint density at radius 2 is 1.79 bits per heavy atom. The van der Waals surface area contributed by atoms with Crippen LogP contribution < -0.4 is 15.4 Å². The third-order valence-corrected chi connectivity index (χ3v) is 8.08. The summed E-state index contributed by atoms with van der Waals surface area (Å²) in [5.74, 6) is 0.204. The Balaban J connectivity index is 1.38. The maximum Gasteiger partial charge on any atom is 0.265 e. The summed E-state index contributed by atoms with van der Waals surface area (Å²) in [6.07, 6.45) is 0.257. The molecule has 1 atom stereocenters. The van der Waals surface area contributed by atoms with E-state index >= 15 is 0 Å². The second kappa shape index (κ2) is 9.15. The van der Waals surface area contributed by atoms with Gasteiger partial charge in [-0.25, -0.2) is 8.42 Å². The van der Waals surface area contributed by atoms with Crippen molar-refractivity contribution in [3.63, 3.8) is 0 Å². The van der Waals surface area contributed by atoms with Gasteiger partial charge in [0.25, 0.3) is 5.91 Å². The van der Waals surface area contributed by atoms with Gasteiger partial charge < -0.3 is 15.4 Å². The van der Waals surface area contributed by atoms with Gasteiger partial charge in [-0.05, 0) is 61.6 Å². The van der Waals surface area contributed by atoms with Crippen LogP contribution in [0.2, 0.25) is 0 Å². The molecular weight excluding hydrogens is 442 g/mol. The molecule has 2 aliphatic rings. The fourth-order valence-electron chi connectivity index (χ4n) is 4.05. The Hall–Kier alpha value is -2.91. The number of nitrogens with zero attached hydrogens (tertiary/aromatic N) is 1. The van der Waals surface area contributed by atoms with Crippen LogP contribution in [-0.4, -0.2) is 43.7 Å². The smallest absolute Gasteiger partial charge is 0.265 e. The van der Waals surface area contributed by atoms with Gasteiger partial charge in [0.1, 0.15) is 5.75 Å². The van der Waals surface area contributed by atoms with Gasteiger partial charge in [0.05, 0.1) is 10.6 Å². The summed E-state index contributed by atoms with van der Waals surface area (Å²) in [7, 11) is -3.75. The second-order valence-corrected chi connectivity index (χ2v) is 10.8. The van der Waals surface area contributed by atoms with Gasteiger partial charge in [-0.15, -0.1) is 0 Å². The van der Waals surface area contributed by atoms with Gasteiger partial charge >= 0.3 is 0 Å². The average molecular weight is 472 g/mol. The van der Waals surface area contributed by atoms with E-state index in [1.54, 1.807) is 13.0 Å². The molecule has 2 aromatic carbocycles. The molecular formula is C24H29N3O5S. The third-order valence-electron chi connectivity index (χ3n) is 6.19. The van der Waals surface area contributed by atoms with Crippen LogP contribution in [0.1, 0.15) is 45.1 Å². The molecule has 176 valence electrons. The highest BCUT2D eigenvalue weighted by molar-refractivity contribution is 7.89. The van der Waals surface area contributed by atoms with Crippen LogP contribution in [0.15, 0.2) is 47.4 Å². The standard InChI is InChI=1S/C24H29N3O5S/c1-15(2)17-4-6-19(7-5-17)25-24(29)18-10-12-27(13-11-18)33(30,31)20-8-9-22-21(14-20)26-23(28)16(3)32-22/h4-9,14-16,18H,10-13H2,1-3H3,(H,25,29)(H,26,28)/t16-/m0/s1. The molecule has 0 unspecified atom stereocenters. The van der Waals surface area contributed by atoms with Crippen molar-refractivity contribution in [3.05, 3.63) is 48.0 Å². The summed E-state index contributed by atoms with van der Waals surface area (Å²) in [5.41, 5.74) is 2.29. The van der Waals surface area contributed by atoms with Crippen LogP contribution in [0.3, 0.4) is 0 Å². The SMILES string of the molecule is CC(C)c1ccc(NC(=O)C2CCN(S(=O)(=O)c3ccc4c(c3)NC(=O)[C@H](C)O4)CC2)cc1. The maximum absolute atomic E-state index is 13.1. The number of hydrogen-bond acceptors (Lipinski definition) is 5. The van der Waals surface area contributed by atoms with E-state index in [-0.39, 0.29) is 35.7 Å². The summed E-state index contributed by atoms with van der Waals surface area (Å²) < 4.78 is 33.2. The highest BCUT2D eigenvalue weighted by Gasteiger charge is 2.33. The third kappa shape index (κ3) is 4.89. The monoisotopic (exact) mass is 471 g/mol. The fraction of sp³-hybridized carbons (Fsp3) is 0.417. The summed E-state index contributed by atoms with van der Waals surface area (Å²) in [6.45, 7) is 6.37. The van der Waals surface area contributed by atoms with Gasteiger partial charge in [0, 0.05) is 24.7 Å². The number of ether oxygens (including phenoxy) is 1. The topological polar surface area (TPSA) is 105 Å². The molecule has 2 aliphatic heterocycles.